The molecule has 6 nitrogen and oxygen atoms in total. The van der Waals surface area contributed by atoms with E-state index in [1.54, 1.807) is 36.4 Å². The molecule has 140 valence electrons. The van der Waals surface area contributed by atoms with Crippen molar-refractivity contribution >= 4 is 35.2 Å². The molecule has 2 amide bonds. The number of benzene rings is 2. The molecule has 0 atom stereocenters. The predicted octanol–water partition coefficient (Wildman–Crippen LogP) is 3.00. The molecule has 2 N–H and O–H groups in total. The number of carbonyl (C=O) groups is 2. The summed E-state index contributed by atoms with van der Waals surface area (Å²) >= 11 is 6.13. The van der Waals surface area contributed by atoms with Gasteiger partial charge in [-0.2, -0.15) is 0 Å². The van der Waals surface area contributed by atoms with Crippen molar-refractivity contribution in [2.24, 2.45) is 0 Å². The van der Waals surface area contributed by atoms with Gasteiger partial charge in [0.1, 0.15) is 0 Å². The van der Waals surface area contributed by atoms with Crippen molar-refractivity contribution in [3.05, 3.63) is 64.4 Å². The first-order valence-electron chi connectivity index (χ1n) is 8.46. The van der Waals surface area contributed by atoms with Gasteiger partial charge in [0.2, 0.25) is 0 Å². The fourth-order valence-electron chi connectivity index (χ4n) is 2.53. The summed E-state index contributed by atoms with van der Waals surface area (Å²) in [5, 5.41) is 6.12. The smallest absolute Gasteiger partial charge is 0.291 e. The first-order chi connectivity index (χ1) is 12.9. The second kappa shape index (κ2) is 8.24. The summed E-state index contributed by atoms with van der Waals surface area (Å²) in [4.78, 5) is 26.6. The van der Waals surface area contributed by atoms with E-state index < -0.39 is 5.91 Å². The Bertz CT molecular complexity index is 909. The van der Waals surface area contributed by atoms with Crippen molar-refractivity contribution in [3.8, 4) is 5.75 Å². The number of rotatable bonds is 5. The highest BCUT2D eigenvalue weighted by Gasteiger charge is 2.23. The third-order valence-electron chi connectivity index (χ3n) is 3.97. The number of nitrogens with zero attached hydrogens (tertiary/aromatic N) is 1. The van der Waals surface area contributed by atoms with Crippen molar-refractivity contribution in [2.45, 2.75) is 0 Å². The number of carbonyl (C=O) groups excluding carboxylic acids is 2. The number of anilines is 1. The Morgan fingerprint density at radius 1 is 1.26 bits per heavy atom. The monoisotopic (exact) mass is 385 g/mol. The van der Waals surface area contributed by atoms with E-state index in [-0.39, 0.29) is 11.7 Å². The summed E-state index contributed by atoms with van der Waals surface area (Å²) in [6.07, 6.45) is 1.59. The van der Waals surface area contributed by atoms with E-state index in [2.05, 4.69) is 10.6 Å². The predicted molar refractivity (Wildman–Crippen MR) is 106 cm³/mol. The van der Waals surface area contributed by atoms with Gasteiger partial charge in [0.25, 0.3) is 11.8 Å². The van der Waals surface area contributed by atoms with Crippen LogP contribution in [0.15, 0.2) is 48.2 Å². The number of ether oxygens (including phenoxy) is 1. The minimum absolute atomic E-state index is 0.138. The van der Waals surface area contributed by atoms with Gasteiger partial charge < -0.3 is 20.3 Å². The Labute approximate surface area is 162 Å². The van der Waals surface area contributed by atoms with Crippen LogP contribution in [0.2, 0.25) is 5.02 Å². The van der Waals surface area contributed by atoms with Gasteiger partial charge in [-0.25, -0.2) is 0 Å². The summed E-state index contributed by atoms with van der Waals surface area (Å²) in [6.45, 7) is 1.28. The normalized spacial score (nSPS) is 14.5. The number of amides is 2. The average Bonchev–Trinajstić information content (AvgIpc) is 2.63. The maximum atomic E-state index is 12.3. The van der Waals surface area contributed by atoms with E-state index in [9.17, 15) is 9.59 Å². The molecule has 2 aromatic rings. The lowest BCUT2D eigenvalue weighted by molar-refractivity contribution is -0.115. The quantitative estimate of drug-likeness (QED) is 0.776. The molecule has 0 spiro atoms. The highest BCUT2D eigenvalue weighted by atomic mass is 35.5. The minimum Gasteiger partial charge on any atom is -0.449 e. The van der Waals surface area contributed by atoms with Crippen LogP contribution in [0, 0.1) is 0 Å². The van der Waals surface area contributed by atoms with Crippen molar-refractivity contribution in [1.82, 2.24) is 10.2 Å². The molecular formula is C20H20ClN3O3. The standard InChI is InChI=1S/C20H20ClN3O3/c1-24(2)10-9-22-19(25)14-7-8-17-16(11-14)23-20(26)18(27-17)12-13-5-3-4-6-15(13)21/h3-8,11-12H,9-10H2,1-2H3,(H,22,25)(H,23,26)/b18-12-. The Hall–Kier alpha value is -2.83. The largest absolute Gasteiger partial charge is 0.449 e. The fraction of sp³-hybridized carbons (Fsp3) is 0.200. The number of nitrogens with one attached hydrogen (secondary N) is 2. The van der Waals surface area contributed by atoms with E-state index in [0.29, 0.717) is 34.1 Å². The van der Waals surface area contributed by atoms with E-state index in [0.717, 1.165) is 6.54 Å². The summed E-state index contributed by atoms with van der Waals surface area (Å²) < 4.78 is 5.70. The Morgan fingerprint density at radius 2 is 2.04 bits per heavy atom. The molecule has 3 rings (SSSR count). The van der Waals surface area contributed by atoms with Gasteiger partial charge in [-0.15, -0.1) is 0 Å². The lowest BCUT2D eigenvalue weighted by Crippen LogP contribution is -2.31. The fourth-order valence-corrected chi connectivity index (χ4v) is 2.72. The lowest BCUT2D eigenvalue weighted by atomic mass is 10.1. The van der Waals surface area contributed by atoms with Gasteiger partial charge in [0.05, 0.1) is 5.69 Å². The molecule has 1 aliphatic rings. The van der Waals surface area contributed by atoms with Crippen LogP contribution in [-0.4, -0.2) is 43.9 Å². The maximum Gasteiger partial charge on any atom is 0.291 e. The van der Waals surface area contributed by atoms with Crippen LogP contribution in [0.4, 0.5) is 5.69 Å². The number of likely N-dealkylation sites (N-methyl/N-ethyl adjacent to an activating group) is 1. The second-order valence-electron chi connectivity index (χ2n) is 6.36. The van der Waals surface area contributed by atoms with Gasteiger partial charge in [-0.1, -0.05) is 29.8 Å². The number of hydrogen-bond donors (Lipinski definition) is 2. The van der Waals surface area contributed by atoms with Crippen LogP contribution in [0.25, 0.3) is 6.08 Å². The lowest BCUT2D eigenvalue weighted by Gasteiger charge is -2.20. The van der Waals surface area contributed by atoms with E-state index in [1.807, 2.05) is 31.1 Å². The molecule has 1 heterocycles. The zero-order chi connectivity index (χ0) is 19.4. The zero-order valence-electron chi connectivity index (χ0n) is 15.1. The molecule has 0 unspecified atom stereocenters. The molecule has 0 aliphatic carbocycles. The molecule has 7 heteroatoms. The van der Waals surface area contributed by atoms with Gasteiger partial charge >= 0.3 is 0 Å². The molecule has 0 saturated heterocycles. The highest BCUT2D eigenvalue weighted by Crippen LogP contribution is 2.32. The van der Waals surface area contributed by atoms with E-state index >= 15 is 0 Å². The Morgan fingerprint density at radius 3 is 2.78 bits per heavy atom. The van der Waals surface area contributed by atoms with Gasteiger partial charge in [0, 0.05) is 23.7 Å². The van der Waals surface area contributed by atoms with Crippen LogP contribution in [0.3, 0.4) is 0 Å². The maximum absolute atomic E-state index is 12.3. The molecule has 0 bridgehead atoms. The first kappa shape index (κ1) is 18.9. The third-order valence-corrected chi connectivity index (χ3v) is 4.31. The average molecular weight is 386 g/mol. The van der Waals surface area contributed by atoms with E-state index in [4.69, 9.17) is 16.3 Å². The third kappa shape index (κ3) is 4.67. The van der Waals surface area contributed by atoms with Crippen molar-refractivity contribution < 1.29 is 14.3 Å². The molecule has 27 heavy (non-hydrogen) atoms. The molecular weight excluding hydrogens is 366 g/mol. The molecule has 1 aliphatic heterocycles. The van der Waals surface area contributed by atoms with Crippen LogP contribution >= 0.6 is 11.6 Å². The first-order valence-corrected chi connectivity index (χ1v) is 8.84. The Kier molecular flexibility index (Phi) is 5.78. The van der Waals surface area contributed by atoms with E-state index in [1.165, 1.54) is 0 Å². The number of fused-ring (bicyclic) bond motifs is 1. The van der Waals surface area contributed by atoms with Gasteiger partial charge in [0.15, 0.2) is 11.5 Å². The molecule has 0 radical (unpaired) electrons. The van der Waals surface area contributed by atoms with Crippen LogP contribution in [0.1, 0.15) is 15.9 Å². The molecule has 0 saturated carbocycles. The molecule has 0 fully saturated rings. The van der Waals surface area contributed by atoms with Crippen LogP contribution in [0.5, 0.6) is 5.75 Å². The summed E-state index contributed by atoms with van der Waals surface area (Å²) in [7, 11) is 3.87. The topological polar surface area (TPSA) is 70.7 Å². The van der Waals surface area contributed by atoms with Crippen LogP contribution in [-0.2, 0) is 4.79 Å². The zero-order valence-corrected chi connectivity index (χ0v) is 15.8. The van der Waals surface area contributed by atoms with Crippen molar-refractivity contribution in [3.63, 3.8) is 0 Å². The summed E-state index contributed by atoms with van der Waals surface area (Å²) in [5.74, 6) is 0.00965. The minimum atomic E-state index is -0.396. The van der Waals surface area contributed by atoms with Gasteiger partial charge in [-0.05, 0) is 50.0 Å². The molecule has 0 aromatic heterocycles. The summed E-state index contributed by atoms with van der Waals surface area (Å²) in [6, 6.07) is 12.1. The van der Waals surface area contributed by atoms with Gasteiger partial charge in [-0.3, -0.25) is 9.59 Å². The molecule has 2 aromatic carbocycles. The highest BCUT2D eigenvalue weighted by molar-refractivity contribution is 6.32. The Balaban J connectivity index is 1.76. The number of halogens is 1. The second-order valence-corrected chi connectivity index (χ2v) is 6.76. The van der Waals surface area contributed by atoms with Crippen LogP contribution < -0.4 is 15.4 Å². The SMILES string of the molecule is CN(C)CCNC(=O)c1ccc2c(c1)NC(=O)/C(=C/c1ccccc1Cl)O2. The number of hydrogen-bond acceptors (Lipinski definition) is 4. The van der Waals surface area contributed by atoms with Crippen molar-refractivity contribution in [1.29, 1.82) is 0 Å². The van der Waals surface area contributed by atoms with Crippen molar-refractivity contribution in [2.75, 3.05) is 32.5 Å². The summed E-state index contributed by atoms with van der Waals surface area (Å²) in [5.41, 5.74) is 1.59.